The molecule has 0 saturated carbocycles. The lowest BCUT2D eigenvalue weighted by Gasteiger charge is -2.11. The van der Waals surface area contributed by atoms with Crippen LogP contribution in [0.15, 0.2) is 22.7 Å². The van der Waals surface area contributed by atoms with E-state index in [2.05, 4.69) is 38.5 Å². The Hall–Kier alpha value is 0.230. The molecule has 12 heavy (non-hydrogen) atoms. The van der Waals surface area contributed by atoms with Crippen molar-refractivity contribution in [2.75, 3.05) is 0 Å². The van der Waals surface area contributed by atoms with Gasteiger partial charge in [0.1, 0.15) is 5.75 Å². The van der Waals surface area contributed by atoms with Crippen LogP contribution in [0, 0.1) is 3.57 Å². The molecule has 0 aromatic heterocycles. The fraction of sp³-hybridized carbons (Fsp3) is 0.333. The van der Waals surface area contributed by atoms with Crippen molar-refractivity contribution in [2.45, 2.75) is 20.0 Å². The zero-order valence-corrected chi connectivity index (χ0v) is 10.7. The maximum absolute atomic E-state index is 5.55. The molecule has 66 valence electrons. The van der Waals surface area contributed by atoms with Crippen LogP contribution >= 0.6 is 38.5 Å². The fourth-order valence-corrected chi connectivity index (χ4v) is 2.22. The third-order valence-corrected chi connectivity index (χ3v) is 2.55. The molecular weight excluding hydrogens is 331 g/mol. The molecule has 1 aromatic carbocycles. The largest absolute Gasteiger partial charge is 0.490 e. The molecule has 0 heterocycles. The molecule has 0 aliphatic heterocycles. The van der Waals surface area contributed by atoms with Gasteiger partial charge in [0.25, 0.3) is 0 Å². The van der Waals surface area contributed by atoms with Gasteiger partial charge in [-0.15, -0.1) is 0 Å². The van der Waals surface area contributed by atoms with E-state index in [-0.39, 0.29) is 6.10 Å². The molecular formula is C9H10BrIO. The molecule has 0 N–H and O–H groups in total. The van der Waals surface area contributed by atoms with Gasteiger partial charge >= 0.3 is 0 Å². The molecule has 1 nitrogen and oxygen atoms in total. The van der Waals surface area contributed by atoms with E-state index in [1.165, 1.54) is 3.57 Å². The molecule has 0 unspecified atom stereocenters. The summed E-state index contributed by atoms with van der Waals surface area (Å²) in [4.78, 5) is 0. The SMILES string of the molecule is CC(C)Oc1ccc(I)cc1Br. The summed E-state index contributed by atoms with van der Waals surface area (Å²) in [6.45, 7) is 4.04. The second kappa shape index (κ2) is 4.46. The molecule has 0 spiro atoms. The molecule has 1 aromatic rings. The Morgan fingerprint density at radius 1 is 1.42 bits per heavy atom. The van der Waals surface area contributed by atoms with Gasteiger partial charge in [-0.1, -0.05) is 0 Å². The minimum Gasteiger partial charge on any atom is -0.490 e. The minimum absolute atomic E-state index is 0.223. The van der Waals surface area contributed by atoms with Crippen molar-refractivity contribution in [3.63, 3.8) is 0 Å². The van der Waals surface area contributed by atoms with E-state index >= 15 is 0 Å². The fourth-order valence-electron chi connectivity index (χ4n) is 0.825. The molecule has 1 rings (SSSR count). The molecule has 0 aliphatic carbocycles. The smallest absolute Gasteiger partial charge is 0.133 e. The van der Waals surface area contributed by atoms with Gasteiger partial charge < -0.3 is 4.74 Å². The summed E-state index contributed by atoms with van der Waals surface area (Å²) in [5.74, 6) is 0.908. The van der Waals surface area contributed by atoms with Gasteiger partial charge in [-0.05, 0) is 70.6 Å². The molecule has 0 saturated heterocycles. The van der Waals surface area contributed by atoms with E-state index in [0.29, 0.717) is 0 Å². The van der Waals surface area contributed by atoms with Gasteiger partial charge in [-0.25, -0.2) is 0 Å². The Morgan fingerprint density at radius 3 is 2.58 bits per heavy atom. The van der Waals surface area contributed by atoms with E-state index in [9.17, 15) is 0 Å². The van der Waals surface area contributed by atoms with Crippen LogP contribution in [0.25, 0.3) is 0 Å². The highest BCUT2D eigenvalue weighted by Gasteiger charge is 2.02. The highest BCUT2D eigenvalue weighted by molar-refractivity contribution is 14.1. The highest BCUT2D eigenvalue weighted by atomic mass is 127. The summed E-state index contributed by atoms with van der Waals surface area (Å²) >= 11 is 5.72. The summed E-state index contributed by atoms with van der Waals surface area (Å²) in [6, 6.07) is 6.05. The van der Waals surface area contributed by atoms with Crippen molar-refractivity contribution in [3.05, 3.63) is 26.2 Å². The summed E-state index contributed by atoms with van der Waals surface area (Å²) in [5.41, 5.74) is 0. The van der Waals surface area contributed by atoms with Gasteiger partial charge in [-0.2, -0.15) is 0 Å². The van der Waals surface area contributed by atoms with Crippen LogP contribution in [0.5, 0.6) is 5.75 Å². The standard InChI is InChI=1S/C9H10BrIO/c1-6(2)12-9-4-3-7(11)5-8(9)10/h3-6H,1-2H3. The van der Waals surface area contributed by atoms with Crippen LogP contribution < -0.4 is 4.74 Å². The molecule has 0 amide bonds. The number of hydrogen-bond acceptors (Lipinski definition) is 1. The lowest BCUT2D eigenvalue weighted by Crippen LogP contribution is -2.05. The quantitative estimate of drug-likeness (QED) is 0.743. The lowest BCUT2D eigenvalue weighted by atomic mass is 10.3. The van der Waals surface area contributed by atoms with Gasteiger partial charge in [-0.3, -0.25) is 0 Å². The normalized spacial score (nSPS) is 10.4. The van der Waals surface area contributed by atoms with Crippen LogP contribution in [-0.2, 0) is 0 Å². The summed E-state index contributed by atoms with van der Waals surface area (Å²) in [6.07, 6.45) is 0.223. The summed E-state index contributed by atoms with van der Waals surface area (Å²) in [7, 11) is 0. The maximum Gasteiger partial charge on any atom is 0.133 e. The van der Waals surface area contributed by atoms with Crippen LogP contribution in [0.2, 0.25) is 0 Å². The Labute approximate surface area is 94.8 Å². The lowest BCUT2D eigenvalue weighted by molar-refractivity contribution is 0.241. The van der Waals surface area contributed by atoms with Crippen LogP contribution in [0.3, 0.4) is 0 Å². The molecule has 3 heteroatoms. The zero-order valence-electron chi connectivity index (χ0n) is 6.97. The predicted octanol–water partition coefficient (Wildman–Crippen LogP) is 3.84. The van der Waals surface area contributed by atoms with E-state index in [1.807, 2.05) is 32.0 Å². The average molecular weight is 341 g/mol. The van der Waals surface area contributed by atoms with Gasteiger partial charge in [0.15, 0.2) is 0 Å². The van der Waals surface area contributed by atoms with Crippen molar-refractivity contribution in [2.24, 2.45) is 0 Å². The van der Waals surface area contributed by atoms with E-state index in [0.717, 1.165) is 10.2 Å². The van der Waals surface area contributed by atoms with Crippen molar-refractivity contribution < 1.29 is 4.74 Å². The van der Waals surface area contributed by atoms with Crippen molar-refractivity contribution in [1.82, 2.24) is 0 Å². The van der Waals surface area contributed by atoms with Crippen LogP contribution in [0.4, 0.5) is 0 Å². The van der Waals surface area contributed by atoms with Crippen molar-refractivity contribution in [1.29, 1.82) is 0 Å². The minimum atomic E-state index is 0.223. The van der Waals surface area contributed by atoms with E-state index in [1.54, 1.807) is 0 Å². The first kappa shape index (κ1) is 10.3. The number of benzene rings is 1. The third kappa shape index (κ3) is 2.94. The monoisotopic (exact) mass is 340 g/mol. The van der Waals surface area contributed by atoms with Crippen molar-refractivity contribution >= 4 is 38.5 Å². The average Bonchev–Trinajstić information content (AvgIpc) is 1.94. The maximum atomic E-state index is 5.55. The predicted molar refractivity (Wildman–Crippen MR) is 62.6 cm³/mol. The van der Waals surface area contributed by atoms with Crippen LogP contribution in [-0.4, -0.2) is 6.10 Å². The Morgan fingerprint density at radius 2 is 2.08 bits per heavy atom. The van der Waals surface area contributed by atoms with Gasteiger partial charge in [0.2, 0.25) is 0 Å². The van der Waals surface area contributed by atoms with Gasteiger partial charge in [0.05, 0.1) is 10.6 Å². The molecule has 0 fully saturated rings. The number of halogens is 2. The van der Waals surface area contributed by atoms with Crippen molar-refractivity contribution in [3.8, 4) is 5.75 Å². The first-order valence-electron chi connectivity index (χ1n) is 3.71. The van der Waals surface area contributed by atoms with Gasteiger partial charge in [0, 0.05) is 3.57 Å². The number of ether oxygens (including phenoxy) is 1. The summed E-state index contributed by atoms with van der Waals surface area (Å²) < 4.78 is 7.77. The number of hydrogen-bond donors (Lipinski definition) is 0. The Balaban J connectivity index is 2.86. The first-order valence-corrected chi connectivity index (χ1v) is 5.58. The molecule has 0 bridgehead atoms. The summed E-state index contributed by atoms with van der Waals surface area (Å²) in [5, 5.41) is 0. The Kier molecular flexibility index (Phi) is 3.83. The molecule has 0 aliphatic rings. The zero-order chi connectivity index (χ0) is 9.14. The molecule has 0 atom stereocenters. The van der Waals surface area contributed by atoms with E-state index < -0.39 is 0 Å². The number of rotatable bonds is 2. The second-order valence-corrected chi connectivity index (χ2v) is 4.84. The topological polar surface area (TPSA) is 9.23 Å². The molecule has 0 radical (unpaired) electrons. The highest BCUT2D eigenvalue weighted by Crippen LogP contribution is 2.27. The first-order chi connectivity index (χ1) is 5.59. The van der Waals surface area contributed by atoms with Crippen LogP contribution in [0.1, 0.15) is 13.8 Å². The third-order valence-electron chi connectivity index (χ3n) is 1.26. The Bertz CT molecular complexity index is 273. The second-order valence-electron chi connectivity index (χ2n) is 2.74. The van der Waals surface area contributed by atoms with E-state index in [4.69, 9.17) is 4.74 Å².